The molecule has 1 aromatic carbocycles. The first-order chi connectivity index (χ1) is 8.06. The van der Waals surface area contributed by atoms with Gasteiger partial charge in [-0.3, -0.25) is 10.1 Å². The van der Waals surface area contributed by atoms with Gasteiger partial charge in [0, 0.05) is 17.9 Å². The van der Waals surface area contributed by atoms with E-state index in [9.17, 15) is 10.1 Å². The summed E-state index contributed by atoms with van der Waals surface area (Å²) in [6, 6.07) is 2.50. The molecule has 0 aliphatic heterocycles. The third-order valence-electron chi connectivity index (χ3n) is 1.81. The number of benzene rings is 1. The van der Waals surface area contributed by atoms with Crippen molar-refractivity contribution in [3.05, 3.63) is 44.4 Å². The quantitative estimate of drug-likeness (QED) is 0.389. The van der Waals surface area contributed by atoms with Crippen LogP contribution in [0.5, 0.6) is 5.75 Å². The van der Waals surface area contributed by atoms with Crippen molar-refractivity contribution >= 4 is 41.5 Å². The van der Waals surface area contributed by atoms with Gasteiger partial charge in [0.05, 0.1) is 15.0 Å². The number of nitrogens with zero attached hydrogens (tertiary/aromatic N) is 1. The molecule has 17 heavy (non-hydrogen) atoms. The number of halogens is 2. The lowest BCUT2D eigenvalue weighted by Crippen LogP contribution is -1.98. The van der Waals surface area contributed by atoms with Gasteiger partial charge in [-0.15, -0.1) is 0 Å². The van der Waals surface area contributed by atoms with Crippen molar-refractivity contribution in [2.45, 2.75) is 0 Å². The van der Waals surface area contributed by atoms with Gasteiger partial charge in [0.2, 0.25) is 0 Å². The van der Waals surface area contributed by atoms with Gasteiger partial charge < -0.3 is 4.74 Å². The second-order valence-corrected chi connectivity index (χ2v) is 4.14. The highest BCUT2D eigenvalue weighted by Crippen LogP contribution is 2.35. The van der Waals surface area contributed by atoms with Crippen LogP contribution in [0.4, 0.5) is 5.69 Å². The molecule has 0 amide bonds. The molecule has 0 saturated heterocycles. The van der Waals surface area contributed by atoms with Gasteiger partial charge in [-0.2, -0.15) is 12.6 Å². The van der Waals surface area contributed by atoms with Gasteiger partial charge in [-0.05, 0) is 0 Å². The summed E-state index contributed by atoms with van der Waals surface area (Å²) in [4.78, 5) is 10.2. The maximum Gasteiger partial charge on any atom is 0.312 e. The Kier molecular flexibility index (Phi) is 5.61. The van der Waals surface area contributed by atoms with Crippen molar-refractivity contribution in [1.82, 2.24) is 0 Å². The molecule has 0 atom stereocenters. The number of hydrogen-bond acceptors (Lipinski definition) is 4. The Morgan fingerprint density at radius 1 is 1.35 bits per heavy atom. The number of rotatable bonds is 5. The van der Waals surface area contributed by atoms with Crippen LogP contribution in [0.3, 0.4) is 0 Å². The third kappa shape index (κ3) is 4.11. The van der Waals surface area contributed by atoms with Crippen molar-refractivity contribution in [3.8, 4) is 5.75 Å². The molecule has 0 bridgehead atoms. The number of thiol groups is 1. The van der Waals surface area contributed by atoms with Gasteiger partial charge in [0.25, 0.3) is 0 Å². The summed E-state index contributed by atoms with van der Waals surface area (Å²) in [6.45, 7) is 0.208. The normalized spacial score (nSPS) is 10.8. The molecule has 1 aromatic rings. The molecule has 0 unspecified atom stereocenters. The zero-order valence-electron chi connectivity index (χ0n) is 8.60. The summed E-state index contributed by atoms with van der Waals surface area (Å²) in [7, 11) is 0. The Balaban J connectivity index is 2.92. The second-order valence-electron chi connectivity index (χ2n) is 2.96. The van der Waals surface area contributed by atoms with Crippen LogP contribution >= 0.6 is 35.8 Å². The number of nitro groups is 1. The maximum absolute atomic E-state index is 10.8. The lowest BCUT2D eigenvalue weighted by molar-refractivity contribution is -0.385. The van der Waals surface area contributed by atoms with E-state index in [1.165, 1.54) is 12.1 Å². The topological polar surface area (TPSA) is 52.4 Å². The van der Waals surface area contributed by atoms with Gasteiger partial charge in [-0.25, -0.2) is 0 Å². The molecule has 0 heterocycles. The lowest BCUT2D eigenvalue weighted by atomic mass is 10.3. The van der Waals surface area contributed by atoms with Crippen LogP contribution in [0, 0.1) is 10.1 Å². The minimum absolute atomic E-state index is 0.0909. The SMILES string of the molecule is O=[N+]([O-])c1cc(Cl)c(Cl)cc1OC/C=C/CS. The average Bonchev–Trinajstić information content (AvgIpc) is 2.28. The fourth-order valence-corrected chi connectivity index (χ4v) is 1.52. The zero-order chi connectivity index (χ0) is 12.8. The summed E-state index contributed by atoms with van der Waals surface area (Å²) >= 11 is 15.4. The van der Waals surface area contributed by atoms with Crippen LogP contribution in [0.15, 0.2) is 24.3 Å². The van der Waals surface area contributed by atoms with Crippen molar-refractivity contribution in [2.75, 3.05) is 12.4 Å². The Morgan fingerprint density at radius 3 is 2.59 bits per heavy atom. The van der Waals surface area contributed by atoms with Crippen molar-refractivity contribution in [2.24, 2.45) is 0 Å². The molecular formula is C10H9Cl2NO3S. The monoisotopic (exact) mass is 293 g/mol. The molecule has 0 aromatic heterocycles. The predicted octanol–water partition coefficient (Wildman–Crippen LogP) is 3.77. The number of hydrogen-bond donors (Lipinski definition) is 1. The van der Waals surface area contributed by atoms with Gasteiger partial charge in [0.1, 0.15) is 6.61 Å². The van der Waals surface area contributed by atoms with Crippen LogP contribution in [0.25, 0.3) is 0 Å². The highest BCUT2D eigenvalue weighted by molar-refractivity contribution is 7.80. The second kappa shape index (κ2) is 6.74. The Hall–Kier alpha value is -0.910. The van der Waals surface area contributed by atoms with E-state index in [4.69, 9.17) is 27.9 Å². The smallest absolute Gasteiger partial charge is 0.312 e. The van der Waals surface area contributed by atoms with Gasteiger partial charge in [-0.1, -0.05) is 35.4 Å². The van der Waals surface area contributed by atoms with E-state index in [0.717, 1.165) is 0 Å². The minimum Gasteiger partial charge on any atom is -0.483 e. The molecule has 4 nitrogen and oxygen atoms in total. The molecule has 0 spiro atoms. The van der Waals surface area contributed by atoms with Crippen molar-refractivity contribution in [1.29, 1.82) is 0 Å². The van der Waals surface area contributed by atoms with Crippen molar-refractivity contribution in [3.63, 3.8) is 0 Å². The van der Waals surface area contributed by atoms with Gasteiger partial charge in [0.15, 0.2) is 5.75 Å². The van der Waals surface area contributed by atoms with Crippen molar-refractivity contribution < 1.29 is 9.66 Å². The number of ether oxygens (including phenoxy) is 1. The lowest BCUT2D eigenvalue weighted by Gasteiger charge is -2.05. The molecule has 0 fully saturated rings. The molecule has 0 radical (unpaired) electrons. The maximum atomic E-state index is 10.8. The molecule has 1 rings (SSSR count). The van der Waals surface area contributed by atoms with Crippen LogP contribution in [0.2, 0.25) is 10.0 Å². The molecule has 7 heteroatoms. The highest BCUT2D eigenvalue weighted by Gasteiger charge is 2.17. The Bertz CT molecular complexity index is 451. The first kappa shape index (κ1) is 14.2. The highest BCUT2D eigenvalue weighted by atomic mass is 35.5. The Morgan fingerprint density at radius 2 is 2.00 bits per heavy atom. The van der Waals surface area contributed by atoms with Crippen LogP contribution < -0.4 is 4.74 Å². The summed E-state index contributed by atoms with van der Waals surface area (Å²) in [5, 5.41) is 11.1. The first-order valence-corrected chi connectivity index (χ1v) is 5.97. The fraction of sp³-hybridized carbons (Fsp3) is 0.200. The average molecular weight is 294 g/mol. The fourth-order valence-electron chi connectivity index (χ4n) is 1.06. The van der Waals surface area contributed by atoms with E-state index < -0.39 is 4.92 Å². The third-order valence-corrected chi connectivity index (χ3v) is 2.74. The number of nitro benzene ring substituents is 1. The summed E-state index contributed by atoms with van der Waals surface area (Å²) in [5.41, 5.74) is -0.210. The van der Waals surface area contributed by atoms with E-state index in [2.05, 4.69) is 12.6 Å². The largest absolute Gasteiger partial charge is 0.483 e. The molecule has 0 N–H and O–H groups in total. The first-order valence-electron chi connectivity index (χ1n) is 4.58. The van der Waals surface area contributed by atoms with Gasteiger partial charge >= 0.3 is 5.69 Å². The summed E-state index contributed by atoms with van der Waals surface area (Å²) in [5.74, 6) is 0.667. The zero-order valence-corrected chi connectivity index (χ0v) is 11.0. The minimum atomic E-state index is -0.570. The summed E-state index contributed by atoms with van der Waals surface area (Å²) in [6.07, 6.45) is 3.48. The van der Waals surface area contributed by atoms with Crippen LogP contribution in [-0.4, -0.2) is 17.3 Å². The molecule has 0 aliphatic carbocycles. The predicted molar refractivity (Wildman–Crippen MR) is 71.6 cm³/mol. The van der Waals surface area contributed by atoms with E-state index >= 15 is 0 Å². The molecule has 0 aliphatic rings. The molecule has 0 saturated carbocycles. The molecular weight excluding hydrogens is 285 g/mol. The van der Waals surface area contributed by atoms with E-state index in [1.54, 1.807) is 12.2 Å². The Labute approximate surface area is 114 Å². The van der Waals surface area contributed by atoms with E-state index in [1.807, 2.05) is 0 Å². The molecule has 92 valence electrons. The standard InChI is InChI=1S/C10H9Cl2NO3S/c11-7-5-9(13(14)15)10(6-8(7)12)16-3-1-2-4-17/h1-2,5-6,17H,3-4H2/b2-1+. The van der Waals surface area contributed by atoms with E-state index in [0.29, 0.717) is 5.75 Å². The summed E-state index contributed by atoms with van der Waals surface area (Å²) < 4.78 is 5.23. The van der Waals surface area contributed by atoms with Crippen LogP contribution in [0.1, 0.15) is 0 Å². The van der Waals surface area contributed by atoms with E-state index in [-0.39, 0.29) is 28.1 Å². The van der Waals surface area contributed by atoms with Crippen LogP contribution in [-0.2, 0) is 0 Å².